The van der Waals surface area contributed by atoms with Crippen LogP contribution in [0.4, 0.5) is 0 Å². The lowest BCUT2D eigenvalue weighted by molar-refractivity contribution is 0.0375. The third-order valence-corrected chi connectivity index (χ3v) is 5.71. The normalized spacial score (nSPS) is 28.1. The molecule has 0 spiro atoms. The summed E-state index contributed by atoms with van der Waals surface area (Å²) in [6, 6.07) is 0. The van der Waals surface area contributed by atoms with Gasteiger partial charge >= 0.3 is 0 Å². The van der Waals surface area contributed by atoms with Gasteiger partial charge in [0.25, 0.3) is 0 Å². The van der Waals surface area contributed by atoms with Crippen LogP contribution in [-0.2, 0) is 4.74 Å². The van der Waals surface area contributed by atoms with Gasteiger partial charge < -0.3 is 26.8 Å². The van der Waals surface area contributed by atoms with Gasteiger partial charge in [-0.3, -0.25) is 0 Å². The smallest absolute Gasteiger partial charge is 0.0993 e. The number of fused-ring (bicyclic) bond motifs is 1. The lowest BCUT2D eigenvalue weighted by Gasteiger charge is -2.45. The summed E-state index contributed by atoms with van der Waals surface area (Å²) in [6.45, 7) is 3.88. The Kier molecular flexibility index (Phi) is 7.59. The molecular formula is C17H29B2ClN4O. The van der Waals surface area contributed by atoms with Gasteiger partial charge in [-0.15, -0.1) is 0 Å². The highest BCUT2D eigenvalue weighted by Crippen LogP contribution is 2.41. The van der Waals surface area contributed by atoms with Crippen LogP contribution < -0.4 is 17.2 Å². The molecule has 136 valence electrons. The third-order valence-electron chi connectivity index (χ3n) is 5.58. The van der Waals surface area contributed by atoms with E-state index in [4.69, 9.17) is 49.2 Å². The van der Waals surface area contributed by atoms with Crippen molar-refractivity contribution in [2.75, 3.05) is 26.3 Å². The van der Waals surface area contributed by atoms with Crippen molar-refractivity contribution in [2.24, 2.45) is 35.0 Å². The molecule has 0 aromatic carbocycles. The highest BCUT2D eigenvalue weighted by atomic mass is 35.5. The second-order valence-electron chi connectivity index (χ2n) is 7.35. The molecule has 0 unspecified atom stereocenters. The van der Waals surface area contributed by atoms with Gasteiger partial charge in [-0.05, 0) is 55.6 Å². The Hall–Kier alpha value is -0.780. The van der Waals surface area contributed by atoms with Gasteiger partial charge in [0.2, 0.25) is 0 Å². The third kappa shape index (κ3) is 5.87. The van der Waals surface area contributed by atoms with E-state index in [0.29, 0.717) is 5.92 Å². The highest BCUT2D eigenvalue weighted by molar-refractivity contribution is 6.40. The minimum absolute atomic E-state index is 0.165. The number of nitrogens with two attached hydrogens (primary N) is 3. The summed E-state index contributed by atoms with van der Waals surface area (Å²) in [4.78, 5) is 2.36. The van der Waals surface area contributed by atoms with Crippen molar-refractivity contribution >= 4 is 27.3 Å². The molecule has 2 heterocycles. The van der Waals surface area contributed by atoms with E-state index < -0.39 is 5.34 Å². The molecule has 0 aromatic rings. The van der Waals surface area contributed by atoms with E-state index in [-0.39, 0.29) is 11.0 Å². The molecule has 0 aromatic heterocycles. The first-order valence-corrected chi connectivity index (χ1v) is 9.43. The number of likely N-dealkylation sites (tertiary alicyclic amines) is 1. The maximum absolute atomic E-state index is 6.45. The molecule has 3 aliphatic rings. The van der Waals surface area contributed by atoms with Crippen molar-refractivity contribution in [3.8, 4) is 0 Å². The van der Waals surface area contributed by atoms with Crippen LogP contribution in [0.3, 0.4) is 0 Å². The number of rotatable bonds is 3. The highest BCUT2D eigenvalue weighted by Gasteiger charge is 2.43. The number of hydrogen-bond donors (Lipinski definition) is 3. The molecule has 1 aliphatic carbocycles. The Morgan fingerprint density at radius 1 is 1.00 bits per heavy atom. The van der Waals surface area contributed by atoms with Gasteiger partial charge in [0, 0.05) is 26.3 Å². The average molecular weight is 363 g/mol. The van der Waals surface area contributed by atoms with Crippen LogP contribution in [0.5, 0.6) is 0 Å². The minimum atomic E-state index is -0.603. The van der Waals surface area contributed by atoms with E-state index in [1.807, 2.05) is 0 Å². The number of halogens is 1. The van der Waals surface area contributed by atoms with Gasteiger partial charge in [0.15, 0.2) is 0 Å². The van der Waals surface area contributed by atoms with E-state index in [2.05, 4.69) is 4.90 Å². The fourth-order valence-corrected chi connectivity index (χ4v) is 4.21. The maximum Gasteiger partial charge on any atom is 0.0993 e. The average Bonchev–Trinajstić information content (AvgIpc) is 3.16. The van der Waals surface area contributed by atoms with E-state index in [0.717, 1.165) is 51.0 Å². The maximum atomic E-state index is 6.45. The summed E-state index contributed by atoms with van der Waals surface area (Å²) in [5.74, 6) is 2.31. The number of nitrogens with zero attached hydrogens (tertiary/aromatic N) is 1. The van der Waals surface area contributed by atoms with Crippen molar-refractivity contribution in [1.29, 1.82) is 0 Å². The summed E-state index contributed by atoms with van der Waals surface area (Å²) in [5.41, 5.74) is 15.1. The SMILES string of the molecule is NC(N)=C/C=C(\N)Cl.[B]C([B])(C1CCOCC1)N1C[C@H]2CCC[C@H]2C1. The fraction of sp³-hybridized carbons (Fsp3) is 0.765. The predicted molar refractivity (Wildman–Crippen MR) is 105 cm³/mol. The molecule has 8 heteroatoms. The van der Waals surface area contributed by atoms with Gasteiger partial charge in [0.05, 0.1) is 26.7 Å². The number of allylic oxidation sites excluding steroid dienone is 2. The largest absolute Gasteiger partial charge is 0.389 e. The quantitative estimate of drug-likeness (QED) is 0.395. The van der Waals surface area contributed by atoms with Crippen LogP contribution in [0.25, 0.3) is 0 Å². The van der Waals surface area contributed by atoms with Gasteiger partial charge in [-0.2, -0.15) is 0 Å². The zero-order valence-corrected chi connectivity index (χ0v) is 15.6. The number of hydrogen-bond acceptors (Lipinski definition) is 5. The Balaban J connectivity index is 0.000000242. The zero-order valence-electron chi connectivity index (χ0n) is 14.9. The van der Waals surface area contributed by atoms with Crippen molar-refractivity contribution in [3.05, 3.63) is 23.1 Å². The van der Waals surface area contributed by atoms with Crippen LogP contribution in [-0.4, -0.2) is 52.2 Å². The Morgan fingerprint density at radius 3 is 2.00 bits per heavy atom. The topological polar surface area (TPSA) is 90.5 Å². The first kappa shape index (κ1) is 20.5. The first-order chi connectivity index (χ1) is 11.8. The molecule has 0 amide bonds. The van der Waals surface area contributed by atoms with Crippen LogP contribution in [0, 0.1) is 17.8 Å². The second-order valence-corrected chi connectivity index (χ2v) is 7.78. The van der Waals surface area contributed by atoms with E-state index in [1.165, 1.54) is 31.4 Å². The van der Waals surface area contributed by atoms with Crippen molar-refractivity contribution in [2.45, 2.75) is 37.4 Å². The molecule has 3 rings (SSSR count). The van der Waals surface area contributed by atoms with Crippen molar-refractivity contribution < 1.29 is 4.74 Å². The van der Waals surface area contributed by atoms with Crippen LogP contribution >= 0.6 is 11.6 Å². The van der Waals surface area contributed by atoms with Crippen molar-refractivity contribution in [3.63, 3.8) is 0 Å². The van der Waals surface area contributed by atoms with E-state index in [1.54, 1.807) is 0 Å². The van der Waals surface area contributed by atoms with Crippen LogP contribution in [0.2, 0.25) is 0 Å². The Morgan fingerprint density at radius 2 is 1.56 bits per heavy atom. The Bertz CT molecular complexity index is 459. The molecule has 0 bridgehead atoms. The molecule has 2 saturated heterocycles. The molecule has 3 fully saturated rings. The van der Waals surface area contributed by atoms with Gasteiger partial charge in [0.1, 0.15) is 0 Å². The van der Waals surface area contributed by atoms with Gasteiger partial charge in [-0.25, -0.2) is 0 Å². The molecule has 2 aliphatic heterocycles. The lowest BCUT2D eigenvalue weighted by Crippen LogP contribution is -2.55. The Labute approximate surface area is 159 Å². The molecule has 4 radical (unpaired) electrons. The van der Waals surface area contributed by atoms with Gasteiger partial charge in [-0.1, -0.05) is 23.4 Å². The van der Waals surface area contributed by atoms with Crippen LogP contribution in [0.1, 0.15) is 32.1 Å². The zero-order chi connectivity index (χ0) is 18.4. The predicted octanol–water partition coefficient (Wildman–Crippen LogP) is 0.920. The monoisotopic (exact) mass is 362 g/mol. The molecule has 1 saturated carbocycles. The standard InChI is InChI=1S/C13H21B2NO.C4H8ClN3/c14-13(15,12-4-6-17-7-5-12)16-8-10-2-1-3-11(10)9-16;5-3(6)1-2-4(7)8/h10-12H,1-9H2;1-2H,6-8H2/b;3-1-/t10-,11+;. The molecule has 5 nitrogen and oxygen atoms in total. The molecular weight excluding hydrogens is 333 g/mol. The summed E-state index contributed by atoms with van der Waals surface area (Å²) in [7, 11) is 12.9. The van der Waals surface area contributed by atoms with Crippen LogP contribution in [0.15, 0.2) is 23.1 Å². The van der Waals surface area contributed by atoms with Crippen molar-refractivity contribution in [1.82, 2.24) is 4.90 Å². The number of ether oxygens (including phenoxy) is 1. The van der Waals surface area contributed by atoms with E-state index >= 15 is 0 Å². The minimum Gasteiger partial charge on any atom is -0.389 e. The first-order valence-electron chi connectivity index (χ1n) is 9.05. The molecule has 25 heavy (non-hydrogen) atoms. The summed E-state index contributed by atoms with van der Waals surface area (Å²) < 4.78 is 5.40. The summed E-state index contributed by atoms with van der Waals surface area (Å²) in [6.07, 6.45) is 9.02. The second kappa shape index (κ2) is 9.24. The molecule has 6 N–H and O–H groups in total. The lowest BCUT2D eigenvalue weighted by atomic mass is 9.52. The molecule has 2 atom stereocenters. The fourth-order valence-electron chi connectivity index (χ4n) is 4.15. The summed E-state index contributed by atoms with van der Waals surface area (Å²) >= 11 is 5.21. The summed E-state index contributed by atoms with van der Waals surface area (Å²) in [5, 5.41) is -0.438. The van der Waals surface area contributed by atoms with E-state index in [9.17, 15) is 0 Å².